The minimum atomic E-state index is 0.0503. The molecule has 1 aromatic carbocycles. The number of hydrogen-bond acceptors (Lipinski definition) is 2. The number of nitrogens with two attached hydrogens (primary N) is 1. The standard InChI is InChI=1S/C12H18N2/c1-8(2)12(14-13)11-6-5-9(3)10(4)7-11/h5-7,12,14H,1,13H2,2-4H3. The van der Waals surface area contributed by atoms with E-state index < -0.39 is 0 Å². The van der Waals surface area contributed by atoms with Crippen LogP contribution in [0.15, 0.2) is 30.4 Å². The fourth-order valence-corrected chi connectivity index (χ4v) is 1.47. The summed E-state index contributed by atoms with van der Waals surface area (Å²) < 4.78 is 0. The molecule has 3 N–H and O–H groups in total. The molecule has 0 saturated heterocycles. The lowest BCUT2D eigenvalue weighted by molar-refractivity contribution is 0.626. The summed E-state index contributed by atoms with van der Waals surface area (Å²) >= 11 is 0. The van der Waals surface area contributed by atoms with Gasteiger partial charge in [-0.2, -0.15) is 0 Å². The van der Waals surface area contributed by atoms with E-state index in [2.05, 4.69) is 44.1 Å². The summed E-state index contributed by atoms with van der Waals surface area (Å²) in [4.78, 5) is 0. The zero-order valence-corrected chi connectivity index (χ0v) is 9.09. The van der Waals surface area contributed by atoms with Gasteiger partial charge in [0.2, 0.25) is 0 Å². The Morgan fingerprint density at radius 2 is 2.00 bits per heavy atom. The van der Waals surface area contributed by atoms with Gasteiger partial charge in [0.25, 0.3) is 0 Å². The van der Waals surface area contributed by atoms with Crippen LogP contribution in [0.2, 0.25) is 0 Å². The van der Waals surface area contributed by atoms with E-state index in [1.165, 1.54) is 16.7 Å². The molecule has 14 heavy (non-hydrogen) atoms. The number of hydrogen-bond donors (Lipinski definition) is 2. The Bertz CT molecular complexity index is 342. The van der Waals surface area contributed by atoms with Crippen LogP contribution in [0, 0.1) is 13.8 Å². The average Bonchev–Trinajstić information content (AvgIpc) is 2.11. The molecule has 2 heteroatoms. The Hall–Kier alpha value is -1.12. The van der Waals surface area contributed by atoms with Crippen molar-refractivity contribution in [3.63, 3.8) is 0 Å². The fraction of sp³-hybridized carbons (Fsp3) is 0.333. The van der Waals surface area contributed by atoms with Crippen molar-refractivity contribution in [2.24, 2.45) is 5.84 Å². The Labute approximate surface area is 85.8 Å². The first-order chi connectivity index (χ1) is 6.56. The van der Waals surface area contributed by atoms with Crippen LogP contribution in [0.1, 0.15) is 29.7 Å². The van der Waals surface area contributed by atoms with E-state index in [9.17, 15) is 0 Å². The van der Waals surface area contributed by atoms with Crippen LogP contribution < -0.4 is 11.3 Å². The van der Waals surface area contributed by atoms with Gasteiger partial charge in [-0.3, -0.25) is 5.84 Å². The molecule has 0 aromatic heterocycles. The van der Waals surface area contributed by atoms with Gasteiger partial charge in [-0.25, -0.2) is 5.43 Å². The molecular weight excluding hydrogens is 172 g/mol. The van der Waals surface area contributed by atoms with Crippen molar-refractivity contribution in [2.75, 3.05) is 0 Å². The molecule has 1 atom stereocenters. The van der Waals surface area contributed by atoms with Gasteiger partial charge in [0.1, 0.15) is 0 Å². The molecule has 0 fully saturated rings. The van der Waals surface area contributed by atoms with Crippen molar-refractivity contribution in [1.29, 1.82) is 0 Å². The molecule has 1 aromatic rings. The maximum Gasteiger partial charge on any atom is 0.0664 e. The van der Waals surface area contributed by atoms with Crippen LogP contribution in [0.25, 0.3) is 0 Å². The van der Waals surface area contributed by atoms with E-state index in [4.69, 9.17) is 5.84 Å². The van der Waals surface area contributed by atoms with Gasteiger partial charge in [-0.15, -0.1) is 0 Å². The van der Waals surface area contributed by atoms with Gasteiger partial charge >= 0.3 is 0 Å². The van der Waals surface area contributed by atoms with Crippen molar-refractivity contribution in [3.8, 4) is 0 Å². The summed E-state index contributed by atoms with van der Waals surface area (Å²) in [6.07, 6.45) is 0. The first-order valence-electron chi connectivity index (χ1n) is 4.75. The topological polar surface area (TPSA) is 38.0 Å². The molecule has 76 valence electrons. The van der Waals surface area contributed by atoms with Crippen LogP contribution in [-0.2, 0) is 0 Å². The lowest BCUT2D eigenvalue weighted by Gasteiger charge is -2.17. The second-order valence-corrected chi connectivity index (χ2v) is 3.79. The Morgan fingerprint density at radius 3 is 2.43 bits per heavy atom. The zero-order chi connectivity index (χ0) is 10.7. The summed E-state index contributed by atoms with van der Waals surface area (Å²) in [7, 11) is 0. The average molecular weight is 190 g/mol. The lowest BCUT2D eigenvalue weighted by atomic mass is 9.98. The van der Waals surface area contributed by atoms with Gasteiger partial charge in [0.05, 0.1) is 6.04 Å². The maximum absolute atomic E-state index is 5.48. The van der Waals surface area contributed by atoms with Gasteiger partial charge in [0.15, 0.2) is 0 Å². The van der Waals surface area contributed by atoms with E-state index in [0.717, 1.165) is 5.57 Å². The van der Waals surface area contributed by atoms with Gasteiger partial charge < -0.3 is 0 Å². The number of rotatable bonds is 3. The lowest BCUT2D eigenvalue weighted by Crippen LogP contribution is -2.28. The maximum atomic E-state index is 5.48. The van der Waals surface area contributed by atoms with Gasteiger partial charge in [-0.05, 0) is 37.5 Å². The smallest absolute Gasteiger partial charge is 0.0664 e. The second-order valence-electron chi connectivity index (χ2n) is 3.79. The third-order valence-corrected chi connectivity index (χ3v) is 2.52. The quantitative estimate of drug-likeness (QED) is 0.436. The first kappa shape index (κ1) is 11.0. The molecule has 0 saturated carbocycles. The summed E-state index contributed by atoms with van der Waals surface area (Å²) in [5, 5.41) is 0. The van der Waals surface area contributed by atoms with E-state index in [1.54, 1.807) is 0 Å². The zero-order valence-electron chi connectivity index (χ0n) is 9.09. The summed E-state index contributed by atoms with van der Waals surface area (Å²) in [5.41, 5.74) is 7.54. The molecule has 2 nitrogen and oxygen atoms in total. The molecule has 0 aliphatic heterocycles. The second kappa shape index (κ2) is 4.40. The van der Waals surface area contributed by atoms with Crippen LogP contribution in [-0.4, -0.2) is 0 Å². The third-order valence-electron chi connectivity index (χ3n) is 2.52. The van der Waals surface area contributed by atoms with E-state index >= 15 is 0 Å². The Morgan fingerprint density at radius 1 is 1.36 bits per heavy atom. The van der Waals surface area contributed by atoms with E-state index in [0.29, 0.717) is 0 Å². The summed E-state index contributed by atoms with van der Waals surface area (Å²) in [5.74, 6) is 5.48. The van der Waals surface area contributed by atoms with Crippen LogP contribution in [0.5, 0.6) is 0 Å². The minimum Gasteiger partial charge on any atom is -0.271 e. The predicted molar refractivity (Wildman–Crippen MR) is 60.8 cm³/mol. The van der Waals surface area contributed by atoms with Crippen LogP contribution in [0.3, 0.4) is 0 Å². The molecule has 0 heterocycles. The molecule has 1 rings (SSSR count). The minimum absolute atomic E-state index is 0.0503. The van der Waals surface area contributed by atoms with Crippen molar-refractivity contribution >= 4 is 0 Å². The molecule has 0 bridgehead atoms. The van der Waals surface area contributed by atoms with Gasteiger partial charge in [0, 0.05) is 0 Å². The van der Waals surface area contributed by atoms with Crippen LogP contribution in [0.4, 0.5) is 0 Å². The molecular formula is C12H18N2. The molecule has 0 aliphatic rings. The Kier molecular flexibility index (Phi) is 3.44. The molecule has 0 aliphatic carbocycles. The predicted octanol–water partition coefficient (Wildman–Crippen LogP) is 2.38. The summed E-state index contributed by atoms with van der Waals surface area (Å²) in [6.45, 7) is 10.1. The summed E-state index contributed by atoms with van der Waals surface area (Å²) in [6, 6.07) is 6.39. The highest BCUT2D eigenvalue weighted by Gasteiger charge is 2.10. The van der Waals surface area contributed by atoms with E-state index in [1.807, 2.05) is 6.92 Å². The molecule has 0 spiro atoms. The van der Waals surface area contributed by atoms with Gasteiger partial charge in [-0.1, -0.05) is 30.4 Å². The van der Waals surface area contributed by atoms with E-state index in [-0.39, 0.29) is 6.04 Å². The molecule has 0 radical (unpaired) electrons. The highest BCUT2D eigenvalue weighted by atomic mass is 15.2. The normalized spacial score (nSPS) is 12.6. The third kappa shape index (κ3) is 2.22. The highest BCUT2D eigenvalue weighted by Crippen LogP contribution is 2.21. The number of benzene rings is 1. The number of nitrogens with one attached hydrogen (secondary N) is 1. The van der Waals surface area contributed by atoms with Crippen molar-refractivity contribution < 1.29 is 0 Å². The fourth-order valence-electron chi connectivity index (χ4n) is 1.47. The van der Waals surface area contributed by atoms with Crippen LogP contribution >= 0.6 is 0 Å². The molecule has 0 amide bonds. The first-order valence-corrected chi connectivity index (χ1v) is 4.75. The number of hydrazine groups is 1. The number of aryl methyl sites for hydroxylation is 2. The monoisotopic (exact) mass is 190 g/mol. The largest absolute Gasteiger partial charge is 0.271 e. The Balaban J connectivity index is 3.06. The SMILES string of the molecule is C=C(C)C(NN)c1ccc(C)c(C)c1. The van der Waals surface area contributed by atoms with Crippen molar-refractivity contribution in [3.05, 3.63) is 47.0 Å². The highest BCUT2D eigenvalue weighted by molar-refractivity contribution is 5.34. The van der Waals surface area contributed by atoms with Crippen molar-refractivity contribution in [2.45, 2.75) is 26.8 Å². The molecule has 1 unspecified atom stereocenters. The van der Waals surface area contributed by atoms with Crippen molar-refractivity contribution in [1.82, 2.24) is 5.43 Å².